The molecule has 2 amide bonds. The van der Waals surface area contributed by atoms with Gasteiger partial charge in [0.15, 0.2) is 0 Å². The Labute approximate surface area is 159 Å². The molecule has 0 aromatic heterocycles. The van der Waals surface area contributed by atoms with Crippen LogP contribution in [0.25, 0.3) is 0 Å². The summed E-state index contributed by atoms with van der Waals surface area (Å²) < 4.78 is 25.5. The standard InChI is InChI=1S/C19H23N3O4S/c1-15(23)20-17-10-7-11-18(12-17)22(27(3,25)26)14-19(24)21(2)13-16-8-5-4-6-9-16/h4-12H,13-14H2,1-3H3,(H,20,23). The number of benzene rings is 2. The average Bonchev–Trinajstić information content (AvgIpc) is 2.59. The Morgan fingerprint density at radius 3 is 2.30 bits per heavy atom. The molecular formula is C19H23N3O4S. The van der Waals surface area contributed by atoms with Gasteiger partial charge in [0, 0.05) is 26.2 Å². The van der Waals surface area contributed by atoms with Crippen molar-refractivity contribution in [2.75, 3.05) is 29.5 Å². The number of hydrogen-bond acceptors (Lipinski definition) is 4. The molecule has 8 heteroatoms. The van der Waals surface area contributed by atoms with Crippen LogP contribution in [-0.4, -0.2) is 45.0 Å². The largest absolute Gasteiger partial charge is 0.340 e. The molecule has 27 heavy (non-hydrogen) atoms. The summed E-state index contributed by atoms with van der Waals surface area (Å²) in [7, 11) is -2.06. The molecule has 0 bridgehead atoms. The first-order chi connectivity index (χ1) is 12.7. The number of anilines is 2. The molecular weight excluding hydrogens is 366 g/mol. The topological polar surface area (TPSA) is 86.8 Å². The van der Waals surface area contributed by atoms with Crippen molar-refractivity contribution in [2.24, 2.45) is 0 Å². The molecule has 0 unspecified atom stereocenters. The van der Waals surface area contributed by atoms with Crippen molar-refractivity contribution in [3.8, 4) is 0 Å². The van der Waals surface area contributed by atoms with Crippen molar-refractivity contribution in [3.63, 3.8) is 0 Å². The summed E-state index contributed by atoms with van der Waals surface area (Å²) in [5.74, 6) is -0.606. The van der Waals surface area contributed by atoms with E-state index in [-0.39, 0.29) is 18.4 Å². The van der Waals surface area contributed by atoms with Crippen LogP contribution in [0, 0.1) is 0 Å². The minimum atomic E-state index is -3.69. The molecule has 2 aromatic carbocycles. The Morgan fingerprint density at radius 2 is 1.70 bits per heavy atom. The van der Waals surface area contributed by atoms with Gasteiger partial charge in [0.2, 0.25) is 21.8 Å². The number of nitrogens with one attached hydrogen (secondary N) is 1. The molecule has 7 nitrogen and oxygen atoms in total. The molecule has 0 atom stereocenters. The molecule has 0 aliphatic heterocycles. The van der Waals surface area contributed by atoms with E-state index in [9.17, 15) is 18.0 Å². The maximum atomic E-state index is 12.6. The summed E-state index contributed by atoms with van der Waals surface area (Å²) in [6.07, 6.45) is 1.04. The van der Waals surface area contributed by atoms with Gasteiger partial charge in [0.1, 0.15) is 6.54 Å². The first kappa shape index (κ1) is 20.4. The Kier molecular flexibility index (Phi) is 6.57. The maximum absolute atomic E-state index is 12.6. The molecule has 2 rings (SSSR count). The predicted molar refractivity (Wildman–Crippen MR) is 106 cm³/mol. The van der Waals surface area contributed by atoms with E-state index < -0.39 is 10.0 Å². The van der Waals surface area contributed by atoms with Crippen LogP contribution in [0.5, 0.6) is 0 Å². The molecule has 0 radical (unpaired) electrons. The second kappa shape index (κ2) is 8.68. The second-order valence-corrected chi connectivity index (χ2v) is 8.14. The lowest BCUT2D eigenvalue weighted by Gasteiger charge is -2.25. The van der Waals surface area contributed by atoms with Gasteiger partial charge in [-0.1, -0.05) is 36.4 Å². The number of hydrogen-bond donors (Lipinski definition) is 1. The van der Waals surface area contributed by atoms with Gasteiger partial charge in [-0.2, -0.15) is 0 Å². The van der Waals surface area contributed by atoms with E-state index in [0.29, 0.717) is 17.9 Å². The van der Waals surface area contributed by atoms with Crippen LogP contribution in [0.3, 0.4) is 0 Å². The lowest BCUT2D eigenvalue weighted by Crippen LogP contribution is -2.41. The monoisotopic (exact) mass is 389 g/mol. The highest BCUT2D eigenvalue weighted by Gasteiger charge is 2.23. The number of likely N-dealkylation sites (N-methyl/N-ethyl adjacent to an activating group) is 1. The van der Waals surface area contributed by atoms with Crippen LogP contribution >= 0.6 is 0 Å². The van der Waals surface area contributed by atoms with Gasteiger partial charge in [0.05, 0.1) is 11.9 Å². The van der Waals surface area contributed by atoms with Crippen LogP contribution in [0.1, 0.15) is 12.5 Å². The predicted octanol–water partition coefficient (Wildman–Crippen LogP) is 2.07. The van der Waals surface area contributed by atoms with Crippen LogP contribution in [-0.2, 0) is 26.2 Å². The fourth-order valence-corrected chi connectivity index (χ4v) is 3.37. The molecule has 0 aliphatic carbocycles. The molecule has 0 aliphatic rings. The van der Waals surface area contributed by atoms with E-state index in [4.69, 9.17) is 0 Å². The van der Waals surface area contributed by atoms with Crippen LogP contribution in [0.15, 0.2) is 54.6 Å². The van der Waals surface area contributed by atoms with Crippen molar-refractivity contribution >= 4 is 33.2 Å². The Morgan fingerprint density at radius 1 is 1.04 bits per heavy atom. The van der Waals surface area contributed by atoms with Gasteiger partial charge in [-0.3, -0.25) is 13.9 Å². The van der Waals surface area contributed by atoms with E-state index in [2.05, 4.69) is 5.32 Å². The van der Waals surface area contributed by atoms with E-state index in [0.717, 1.165) is 16.1 Å². The number of carbonyl (C=O) groups excluding carboxylic acids is 2. The van der Waals surface area contributed by atoms with Crippen LogP contribution in [0.4, 0.5) is 11.4 Å². The Bertz CT molecular complexity index is 914. The fourth-order valence-electron chi connectivity index (χ4n) is 2.53. The van der Waals surface area contributed by atoms with Crippen molar-refractivity contribution < 1.29 is 18.0 Å². The molecule has 0 fully saturated rings. The third-order valence-corrected chi connectivity index (χ3v) is 4.96. The number of amides is 2. The third kappa shape index (κ3) is 6.10. The van der Waals surface area contributed by atoms with Gasteiger partial charge >= 0.3 is 0 Å². The summed E-state index contributed by atoms with van der Waals surface area (Å²) >= 11 is 0. The van der Waals surface area contributed by atoms with Crippen molar-refractivity contribution in [3.05, 3.63) is 60.2 Å². The normalized spacial score (nSPS) is 10.9. The first-order valence-electron chi connectivity index (χ1n) is 8.30. The summed E-state index contributed by atoms with van der Waals surface area (Å²) in [5.41, 5.74) is 1.72. The first-order valence-corrected chi connectivity index (χ1v) is 10.1. The van der Waals surface area contributed by atoms with E-state index in [1.165, 1.54) is 17.9 Å². The fraction of sp³-hybridized carbons (Fsp3) is 0.263. The van der Waals surface area contributed by atoms with Crippen molar-refractivity contribution in [2.45, 2.75) is 13.5 Å². The zero-order chi connectivity index (χ0) is 20.0. The molecule has 1 N–H and O–H groups in total. The van der Waals surface area contributed by atoms with Gasteiger partial charge in [0.25, 0.3) is 0 Å². The molecule has 0 heterocycles. The lowest BCUT2D eigenvalue weighted by molar-refractivity contribution is -0.128. The number of nitrogens with zero attached hydrogens (tertiary/aromatic N) is 2. The quantitative estimate of drug-likeness (QED) is 0.785. The molecule has 2 aromatic rings. The number of sulfonamides is 1. The average molecular weight is 389 g/mol. The molecule has 0 saturated carbocycles. The third-order valence-electron chi connectivity index (χ3n) is 3.82. The van der Waals surface area contributed by atoms with Crippen molar-refractivity contribution in [1.82, 2.24) is 4.90 Å². The second-order valence-electron chi connectivity index (χ2n) is 6.24. The minimum absolute atomic E-state index is 0.267. The van der Waals surface area contributed by atoms with E-state index in [1.807, 2.05) is 30.3 Å². The minimum Gasteiger partial charge on any atom is -0.340 e. The van der Waals surface area contributed by atoms with Gasteiger partial charge in [-0.05, 0) is 23.8 Å². The van der Waals surface area contributed by atoms with E-state index in [1.54, 1.807) is 25.2 Å². The van der Waals surface area contributed by atoms with Gasteiger partial charge < -0.3 is 10.2 Å². The SMILES string of the molecule is CC(=O)Nc1cccc(N(CC(=O)N(C)Cc2ccccc2)S(C)(=O)=O)c1. The van der Waals surface area contributed by atoms with Crippen molar-refractivity contribution in [1.29, 1.82) is 0 Å². The number of carbonyl (C=O) groups is 2. The number of rotatable bonds is 7. The van der Waals surface area contributed by atoms with Gasteiger partial charge in [-0.15, -0.1) is 0 Å². The zero-order valence-corrected chi connectivity index (χ0v) is 16.4. The van der Waals surface area contributed by atoms with E-state index >= 15 is 0 Å². The van der Waals surface area contributed by atoms with Crippen LogP contribution < -0.4 is 9.62 Å². The maximum Gasteiger partial charge on any atom is 0.243 e. The van der Waals surface area contributed by atoms with Gasteiger partial charge in [-0.25, -0.2) is 8.42 Å². The highest BCUT2D eigenvalue weighted by Crippen LogP contribution is 2.22. The summed E-state index contributed by atoms with van der Waals surface area (Å²) in [6.45, 7) is 1.41. The smallest absolute Gasteiger partial charge is 0.243 e. The summed E-state index contributed by atoms with van der Waals surface area (Å²) in [5, 5.41) is 2.60. The molecule has 0 saturated heterocycles. The molecule has 144 valence electrons. The zero-order valence-electron chi connectivity index (χ0n) is 15.5. The lowest BCUT2D eigenvalue weighted by atomic mass is 10.2. The Balaban J connectivity index is 2.20. The summed E-state index contributed by atoms with van der Waals surface area (Å²) in [4.78, 5) is 25.3. The highest BCUT2D eigenvalue weighted by molar-refractivity contribution is 7.92. The molecule has 0 spiro atoms. The highest BCUT2D eigenvalue weighted by atomic mass is 32.2. The van der Waals surface area contributed by atoms with Crippen LogP contribution in [0.2, 0.25) is 0 Å². The Hall–Kier alpha value is -2.87. The summed E-state index contributed by atoms with van der Waals surface area (Å²) in [6, 6.07) is 15.8.